The topological polar surface area (TPSA) is 55.1 Å². The van der Waals surface area contributed by atoms with Crippen molar-refractivity contribution in [3.05, 3.63) is 63.2 Å². The number of amides is 1. The molecule has 0 aliphatic heterocycles. The Balaban J connectivity index is 2.05. The smallest absolute Gasteiger partial charge is 0.228 e. The van der Waals surface area contributed by atoms with Gasteiger partial charge in [0.1, 0.15) is 0 Å². The third-order valence-electron chi connectivity index (χ3n) is 2.80. The number of halogens is 1. The first kappa shape index (κ1) is 14.0. The molecule has 0 aliphatic carbocycles. The fourth-order valence-electron chi connectivity index (χ4n) is 1.87. The summed E-state index contributed by atoms with van der Waals surface area (Å²) in [5.41, 5.74) is 8.48. The second kappa shape index (κ2) is 6.68. The highest BCUT2D eigenvalue weighted by atomic mass is 127. The Bertz CT molecular complexity index is 584. The Hall–Kier alpha value is -1.40. The predicted octanol–water partition coefficient (Wildman–Crippen LogP) is 2.93. The minimum Gasteiger partial charge on any atom is -0.326 e. The number of benzene rings is 2. The second-order valence-electron chi connectivity index (χ2n) is 4.21. The van der Waals surface area contributed by atoms with Crippen LogP contribution in [-0.4, -0.2) is 5.91 Å². The van der Waals surface area contributed by atoms with E-state index in [1.165, 1.54) is 0 Å². The molecule has 0 radical (unpaired) electrons. The van der Waals surface area contributed by atoms with Gasteiger partial charge in [-0.2, -0.15) is 0 Å². The molecule has 0 aliphatic rings. The van der Waals surface area contributed by atoms with E-state index in [2.05, 4.69) is 27.9 Å². The van der Waals surface area contributed by atoms with Gasteiger partial charge in [-0.25, -0.2) is 0 Å². The number of carbonyl (C=O) groups is 1. The summed E-state index contributed by atoms with van der Waals surface area (Å²) in [5.74, 6) is -0.0251. The van der Waals surface area contributed by atoms with Crippen LogP contribution in [0.15, 0.2) is 48.5 Å². The summed E-state index contributed by atoms with van der Waals surface area (Å²) in [6.45, 7) is 0.451. The molecule has 0 spiro atoms. The third-order valence-corrected chi connectivity index (χ3v) is 3.47. The van der Waals surface area contributed by atoms with Gasteiger partial charge in [0.15, 0.2) is 0 Å². The summed E-state index contributed by atoms with van der Waals surface area (Å²) in [7, 11) is 0. The fraction of sp³-hybridized carbons (Fsp3) is 0.133. The first-order valence-electron chi connectivity index (χ1n) is 6.01. The van der Waals surface area contributed by atoms with Gasteiger partial charge in [-0.3, -0.25) is 4.79 Å². The van der Waals surface area contributed by atoms with E-state index >= 15 is 0 Å². The maximum Gasteiger partial charge on any atom is 0.228 e. The van der Waals surface area contributed by atoms with Crippen molar-refractivity contribution in [2.24, 2.45) is 5.73 Å². The number of nitrogens with two attached hydrogens (primary N) is 1. The lowest BCUT2D eigenvalue weighted by Crippen LogP contribution is -2.16. The molecule has 2 aromatic rings. The monoisotopic (exact) mass is 366 g/mol. The molecular formula is C15H15IN2O. The van der Waals surface area contributed by atoms with E-state index in [0.29, 0.717) is 13.0 Å². The van der Waals surface area contributed by atoms with Crippen LogP contribution in [0.2, 0.25) is 0 Å². The van der Waals surface area contributed by atoms with Crippen molar-refractivity contribution in [1.82, 2.24) is 0 Å². The van der Waals surface area contributed by atoms with Crippen LogP contribution in [0, 0.1) is 3.57 Å². The van der Waals surface area contributed by atoms with E-state index in [4.69, 9.17) is 5.73 Å². The number of hydrogen-bond acceptors (Lipinski definition) is 2. The number of carbonyl (C=O) groups excluding carboxylic acids is 1. The van der Waals surface area contributed by atoms with Gasteiger partial charge in [0, 0.05) is 15.8 Å². The van der Waals surface area contributed by atoms with Gasteiger partial charge in [0.05, 0.1) is 6.42 Å². The molecule has 0 fully saturated rings. The number of anilines is 1. The Kier molecular flexibility index (Phi) is 4.93. The van der Waals surface area contributed by atoms with Crippen LogP contribution < -0.4 is 11.1 Å². The van der Waals surface area contributed by atoms with E-state index in [0.717, 1.165) is 20.4 Å². The largest absolute Gasteiger partial charge is 0.326 e. The third kappa shape index (κ3) is 4.04. The van der Waals surface area contributed by atoms with Crippen molar-refractivity contribution in [3.63, 3.8) is 0 Å². The molecule has 19 heavy (non-hydrogen) atoms. The Morgan fingerprint density at radius 2 is 1.84 bits per heavy atom. The SMILES string of the molecule is NCc1ccccc1CC(=O)Nc1cccc(I)c1. The molecule has 0 bridgehead atoms. The summed E-state index contributed by atoms with van der Waals surface area (Å²) >= 11 is 2.22. The summed E-state index contributed by atoms with van der Waals surface area (Å²) in [6, 6.07) is 15.5. The normalized spacial score (nSPS) is 10.2. The van der Waals surface area contributed by atoms with Crippen LogP contribution >= 0.6 is 22.6 Å². The Morgan fingerprint density at radius 1 is 1.11 bits per heavy atom. The predicted molar refractivity (Wildman–Crippen MR) is 85.8 cm³/mol. The molecule has 3 N–H and O–H groups in total. The molecule has 4 heteroatoms. The average molecular weight is 366 g/mol. The number of hydrogen-bond donors (Lipinski definition) is 2. The zero-order valence-corrected chi connectivity index (χ0v) is 12.6. The number of rotatable bonds is 4. The number of nitrogens with one attached hydrogen (secondary N) is 1. The second-order valence-corrected chi connectivity index (χ2v) is 5.45. The van der Waals surface area contributed by atoms with Crippen molar-refractivity contribution < 1.29 is 4.79 Å². The molecule has 2 rings (SSSR count). The van der Waals surface area contributed by atoms with E-state index in [-0.39, 0.29) is 5.91 Å². The van der Waals surface area contributed by atoms with Gasteiger partial charge < -0.3 is 11.1 Å². The summed E-state index contributed by atoms with van der Waals surface area (Å²) < 4.78 is 1.10. The van der Waals surface area contributed by atoms with E-state index in [1.807, 2.05) is 48.5 Å². The zero-order chi connectivity index (χ0) is 13.7. The minimum atomic E-state index is -0.0251. The van der Waals surface area contributed by atoms with Crippen molar-refractivity contribution in [2.75, 3.05) is 5.32 Å². The highest BCUT2D eigenvalue weighted by molar-refractivity contribution is 14.1. The molecule has 0 atom stereocenters. The standard InChI is InChI=1S/C15H15IN2O/c16-13-6-3-7-14(9-13)18-15(19)8-11-4-1-2-5-12(11)10-17/h1-7,9H,8,10,17H2,(H,18,19). The maximum atomic E-state index is 12.0. The van der Waals surface area contributed by atoms with Gasteiger partial charge in [-0.05, 0) is 51.9 Å². The molecule has 3 nitrogen and oxygen atoms in total. The average Bonchev–Trinajstić information content (AvgIpc) is 2.39. The zero-order valence-electron chi connectivity index (χ0n) is 10.4. The Labute approximate surface area is 126 Å². The summed E-state index contributed by atoms with van der Waals surface area (Å²) in [6.07, 6.45) is 0.346. The van der Waals surface area contributed by atoms with Crippen LogP contribution in [0.3, 0.4) is 0 Å². The molecular weight excluding hydrogens is 351 g/mol. The van der Waals surface area contributed by atoms with Crippen LogP contribution in [0.5, 0.6) is 0 Å². The first-order chi connectivity index (χ1) is 9.19. The van der Waals surface area contributed by atoms with Crippen molar-refractivity contribution >= 4 is 34.2 Å². The molecule has 0 aromatic heterocycles. The molecule has 0 saturated carbocycles. The van der Waals surface area contributed by atoms with Crippen LogP contribution in [-0.2, 0) is 17.8 Å². The van der Waals surface area contributed by atoms with Crippen LogP contribution in [0.25, 0.3) is 0 Å². The fourth-order valence-corrected chi connectivity index (χ4v) is 2.42. The van der Waals surface area contributed by atoms with E-state index in [1.54, 1.807) is 0 Å². The highest BCUT2D eigenvalue weighted by Gasteiger charge is 2.07. The molecule has 0 heterocycles. The molecule has 98 valence electrons. The van der Waals surface area contributed by atoms with Crippen molar-refractivity contribution in [1.29, 1.82) is 0 Å². The first-order valence-corrected chi connectivity index (χ1v) is 7.09. The summed E-state index contributed by atoms with van der Waals surface area (Å²) in [5, 5.41) is 2.90. The molecule has 2 aromatic carbocycles. The van der Waals surface area contributed by atoms with Crippen LogP contribution in [0.1, 0.15) is 11.1 Å². The molecule has 0 saturated heterocycles. The highest BCUT2D eigenvalue weighted by Crippen LogP contribution is 2.14. The lowest BCUT2D eigenvalue weighted by atomic mass is 10.0. The van der Waals surface area contributed by atoms with Crippen LogP contribution in [0.4, 0.5) is 5.69 Å². The Morgan fingerprint density at radius 3 is 2.53 bits per heavy atom. The van der Waals surface area contributed by atoms with E-state index < -0.39 is 0 Å². The molecule has 1 amide bonds. The van der Waals surface area contributed by atoms with Crippen molar-refractivity contribution in [2.45, 2.75) is 13.0 Å². The van der Waals surface area contributed by atoms with Gasteiger partial charge in [-0.15, -0.1) is 0 Å². The summed E-state index contributed by atoms with van der Waals surface area (Å²) in [4.78, 5) is 12.0. The minimum absolute atomic E-state index is 0.0251. The van der Waals surface area contributed by atoms with Gasteiger partial charge >= 0.3 is 0 Å². The van der Waals surface area contributed by atoms with E-state index in [9.17, 15) is 4.79 Å². The van der Waals surface area contributed by atoms with Crippen molar-refractivity contribution in [3.8, 4) is 0 Å². The van der Waals surface area contributed by atoms with Gasteiger partial charge in [0.2, 0.25) is 5.91 Å². The lowest BCUT2D eigenvalue weighted by molar-refractivity contribution is -0.115. The maximum absolute atomic E-state index is 12.0. The lowest BCUT2D eigenvalue weighted by Gasteiger charge is -2.08. The molecule has 0 unspecified atom stereocenters. The van der Waals surface area contributed by atoms with Gasteiger partial charge in [-0.1, -0.05) is 30.3 Å². The van der Waals surface area contributed by atoms with Gasteiger partial charge in [0.25, 0.3) is 0 Å². The quantitative estimate of drug-likeness (QED) is 0.818.